The van der Waals surface area contributed by atoms with E-state index in [1.165, 1.54) is 46.6 Å². The first-order chi connectivity index (χ1) is 13.2. The predicted octanol–water partition coefficient (Wildman–Crippen LogP) is 2.63. The van der Waals surface area contributed by atoms with Crippen LogP contribution in [0.5, 0.6) is 17.2 Å². The molecular weight excluding hydrogens is 408 g/mol. The lowest BCUT2D eigenvalue weighted by atomic mass is 10.2. The summed E-state index contributed by atoms with van der Waals surface area (Å²) in [4.78, 5) is 12.2. The number of ether oxygens (including phenoxy) is 3. The molecule has 2 rings (SSSR count). The van der Waals surface area contributed by atoms with Crippen molar-refractivity contribution in [2.24, 2.45) is 0 Å². The van der Waals surface area contributed by atoms with Gasteiger partial charge in [-0.05, 0) is 30.3 Å². The zero-order chi connectivity index (χ0) is 20.9. The molecule has 2 aromatic rings. The van der Waals surface area contributed by atoms with Crippen LogP contribution in [-0.4, -0.2) is 53.6 Å². The average molecular weight is 429 g/mol. The highest BCUT2D eigenvalue weighted by Crippen LogP contribution is 2.30. The molecule has 28 heavy (non-hydrogen) atoms. The average Bonchev–Trinajstić information content (AvgIpc) is 2.67. The molecule has 0 fully saturated rings. The minimum atomic E-state index is -4.00. The van der Waals surface area contributed by atoms with Gasteiger partial charge in [0.2, 0.25) is 15.9 Å². The molecular formula is C18H21ClN2O6S. The van der Waals surface area contributed by atoms with Crippen LogP contribution >= 0.6 is 11.6 Å². The van der Waals surface area contributed by atoms with Crippen molar-refractivity contribution in [1.29, 1.82) is 0 Å². The number of hydrogen-bond acceptors (Lipinski definition) is 6. The van der Waals surface area contributed by atoms with Gasteiger partial charge in [0.15, 0.2) is 11.5 Å². The van der Waals surface area contributed by atoms with Gasteiger partial charge < -0.3 is 19.5 Å². The van der Waals surface area contributed by atoms with E-state index in [4.69, 9.17) is 25.8 Å². The summed E-state index contributed by atoms with van der Waals surface area (Å²) in [5.74, 6) is 0.550. The lowest BCUT2D eigenvalue weighted by molar-refractivity contribution is -0.116. The Bertz CT molecular complexity index is 965. The van der Waals surface area contributed by atoms with Gasteiger partial charge in [-0.2, -0.15) is 4.31 Å². The number of carbonyl (C=O) groups is 1. The summed E-state index contributed by atoms with van der Waals surface area (Å²) in [7, 11) is 1.63. The van der Waals surface area contributed by atoms with Gasteiger partial charge in [0.05, 0.1) is 27.9 Å². The van der Waals surface area contributed by atoms with Gasteiger partial charge in [-0.3, -0.25) is 4.79 Å². The number of rotatable bonds is 8. The first kappa shape index (κ1) is 21.8. The first-order valence-corrected chi connectivity index (χ1v) is 9.86. The molecule has 0 aliphatic heterocycles. The van der Waals surface area contributed by atoms with Crippen LogP contribution in [0, 0.1) is 0 Å². The molecule has 0 atom stereocenters. The van der Waals surface area contributed by atoms with Crippen LogP contribution in [0.4, 0.5) is 5.69 Å². The SMILES string of the molecule is COc1ccc(NC(=O)CN(C)S(=O)(=O)c2cc(Cl)ccc2OC)cc1OC. The van der Waals surface area contributed by atoms with E-state index in [0.29, 0.717) is 17.2 Å². The van der Waals surface area contributed by atoms with Crippen molar-refractivity contribution in [2.45, 2.75) is 4.90 Å². The lowest BCUT2D eigenvalue weighted by Crippen LogP contribution is -2.35. The fourth-order valence-electron chi connectivity index (χ4n) is 2.42. The summed E-state index contributed by atoms with van der Waals surface area (Å²) >= 11 is 5.91. The maximum atomic E-state index is 12.8. The van der Waals surface area contributed by atoms with Crippen LogP contribution in [0.25, 0.3) is 0 Å². The Labute approximate surface area is 169 Å². The molecule has 1 N–H and O–H groups in total. The van der Waals surface area contributed by atoms with E-state index in [9.17, 15) is 13.2 Å². The van der Waals surface area contributed by atoms with Crippen molar-refractivity contribution >= 4 is 33.2 Å². The molecule has 0 saturated carbocycles. The maximum Gasteiger partial charge on any atom is 0.247 e. The van der Waals surface area contributed by atoms with Gasteiger partial charge in [0, 0.05) is 23.8 Å². The standard InChI is InChI=1S/C18H21ClN2O6S/c1-21(28(23,24)17-9-12(19)5-7-15(17)26-3)11-18(22)20-13-6-8-14(25-2)16(10-13)27-4/h5-10H,11H2,1-4H3,(H,20,22). The second kappa shape index (κ2) is 9.13. The topological polar surface area (TPSA) is 94.2 Å². The third-order valence-electron chi connectivity index (χ3n) is 3.85. The summed E-state index contributed by atoms with van der Waals surface area (Å²) < 4.78 is 41.9. The molecule has 152 valence electrons. The minimum absolute atomic E-state index is 0.121. The highest BCUT2D eigenvalue weighted by Gasteiger charge is 2.27. The van der Waals surface area contributed by atoms with Crippen LogP contribution in [0.1, 0.15) is 0 Å². The Kier molecular flexibility index (Phi) is 7.11. The Morgan fingerprint density at radius 3 is 2.21 bits per heavy atom. The van der Waals surface area contributed by atoms with E-state index in [0.717, 1.165) is 4.31 Å². The third kappa shape index (κ3) is 4.86. The Morgan fingerprint density at radius 2 is 1.61 bits per heavy atom. The van der Waals surface area contributed by atoms with Gasteiger partial charge >= 0.3 is 0 Å². The molecule has 1 amide bonds. The number of carbonyl (C=O) groups excluding carboxylic acids is 1. The highest BCUT2D eigenvalue weighted by molar-refractivity contribution is 7.89. The Morgan fingerprint density at radius 1 is 1.00 bits per heavy atom. The number of nitrogens with zero attached hydrogens (tertiary/aromatic N) is 1. The maximum absolute atomic E-state index is 12.8. The van der Waals surface area contributed by atoms with Gasteiger partial charge in [0.25, 0.3) is 0 Å². The number of hydrogen-bond donors (Lipinski definition) is 1. The van der Waals surface area contributed by atoms with Crippen molar-refractivity contribution in [3.05, 3.63) is 41.4 Å². The van der Waals surface area contributed by atoms with Crippen LogP contribution in [0.2, 0.25) is 5.02 Å². The monoisotopic (exact) mass is 428 g/mol. The molecule has 0 radical (unpaired) electrons. The van der Waals surface area contributed by atoms with E-state index < -0.39 is 22.5 Å². The van der Waals surface area contributed by atoms with Crippen LogP contribution < -0.4 is 19.5 Å². The predicted molar refractivity (Wildman–Crippen MR) is 106 cm³/mol. The van der Waals surface area contributed by atoms with E-state index in [1.54, 1.807) is 18.2 Å². The number of nitrogens with one attached hydrogen (secondary N) is 1. The molecule has 0 aliphatic rings. The van der Waals surface area contributed by atoms with Crippen LogP contribution in [0.15, 0.2) is 41.3 Å². The normalized spacial score (nSPS) is 11.2. The molecule has 0 spiro atoms. The number of amides is 1. The molecule has 0 saturated heterocycles. The van der Waals surface area contributed by atoms with Crippen molar-refractivity contribution in [3.8, 4) is 17.2 Å². The second-order valence-electron chi connectivity index (χ2n) is 5.67. The Balaban J connectivity index is 2.17. The van der Waals surface area contributed by atoms with Crippen LogP contribution in [-0.2, 0) is 14.8 Å². The zero-order valence-electron chi connectivity index (χ0n) is 15.9. The van der Waals surface area contributed by atoms with Gasteiger partial charge in [-0.15, -0.1) is 0 Å². The molecule has 0 bridgehead atoms. The minimum Gasteiger partial charge on any atom is -0.495 e. The number of anilines is 1. The van der Waals surface area contributed by atoms with E-state index in [1.807, 2.05) is 0 Å². The first-order valence-electron chi connectivity index (χ1n) is 8.04. The fraction of sp³-hybridized carbons (Fsp3) is 0.278. The molecule has 8 nitrogen and oxygen atoms in total. The molecule has 0 aromatic heterocycles. The number of likely N-dealkylation sites (N-methyl/N-ethyl adjacent to an activating group) is 1. The summed E-state index contributed by atoms with van der Waals surface area (Å²) in [6.07, 6.45) is 0. The third-order valence-corrected chi connectivity index (χ3v) is 5.91. The fourth-order valence-corrected chi connectivity index (χ4v) is 3.96. The van der Waals surface area contributed by atoms with Crippen molar-refractivity contribution in [3.63, 3.8) is 0 Å². The van der Waals surface area contributed by atoms with E-state index in [-0.39, 0.29) is 15.7 Å². The van der Waals surface area contributed by atoms with Gasteiger partial charge in [-0.25, -0.2) is 8.42 Å². The van der Waals surface area contributed by atoms with Crippen LogP contribution in [0.3, 0.4) is 0 Å². The smallest absolute Gasteiger partial charge is 0.247 e. The molecule has 10 heteroatoms. The summed E-state index contributed by atoms with van der Waals surface area (Å²) in [6.45, 7) is -0.410. The zero-order valence-corrected chi connectivity index (χ0v) is 17.4. The Hall–Kier alpha value is -2.49. The van der Waals surface area contributed by atoms with Gasteiger partial charge in [0.1, 0.15) is 10.6 Å². The quantitative estimate of drug-likeness (QED) is 0.694. The largest absolute Gasteiger partial charge is 0.495 e. The summed E-state index contributed by atoms with van der Waals surface area (Å²) in [5.41, 5.74) is 0.439. The molecule has 0 unspecified atom stereocenters. The lowest BCUT2D eigenvalue weighted by Gasteiger charge is -2.19. The summed E-state index contributed by atoms with van der Waals surface area (Å²) in [5, 5.41) is 2.86. The number of sulfonamides is 1. The number of methoxy groups -OCH3 is 3. The summed E-state index contributed by atoms with van der Waals surface area (Å²) in [6, 6.07) is 9.07. The molecule has 0 heterocycles. The molecule has 2 aromatic carbocycles. The van der Waals surface area contributed by atoms with Crippen molar-refractivity contribution < 1.29 is 27.4 Å². The van der Waals surface area contributed by atoms with E-state index >= 15 is 0 Å². The molecule has 0 aliphatic carbocycles. The van der Waals surface area contributed by atoms with Crippen molar-refractivity contribution in [1.82, 2.24) is 4.31 Å². The number of benzene rings is 2. The van der Waals surface area contributed by atoms with Gasteiger partial charge in [-0.1, -0.05) is 11.6 Å². The van der Waals surface area contributed by atoms with Crippen molar-refractivity contribution in [2.75, 3.05) is 40.2 Å². The second-order valence-corrected chi connectivity index (χ2v) is 8.12. The number of halogens is 1. The van der Waals surface area contributed by atoms with E-state index in [2.05, 4.69) is 5.32 Å². The highest BCUT2D eigenvalue weighted by atomic mass is 35.5.